The molecule has 74 valence electrons. The number of hydrogen-bond acceptors (Lipinski definition) is 3. The van der Waals surface area contributed by atoms with Crippen LogP contribution in [0.3, 0.4) is 0 Å². The van der Waals surface area contributed by atoms with Crippen LogP contribution in [-0.2, 0) is 6.42 Å². The highest BCUT2D eigenvalue weighted by Crippen LogP contribution is 2.26. The fourth-order valence-corrected chi connectivity index (χ4v) is 1.64. The van der Waals surface area contributed by atoms with Crippen LogP contribution in [0.2, 0.25) is 5.02 Å². The molecule has 0 radical (unpaired) electrons. The van der Waals surface area contributed by atoms with Gasteiger partial charge < -0.3 is 10.3 Å². The lowest BCUT2D eigenvalue weighted by molar-refractivity contribution is 0.445. The standard InChI is InChI=1S/C10H11ClN2O/c11-8-4-1-3-7-9(5-2-6-12)13-14-10(7)8/h1,3-4H,2,5-6,12H2. The van der Waals surface area contributed by atoms with Gasteiger partial charge in [-0.3, -0.25) is 0 Å². The Morgan fingerprint density at radius 1 is 1.43 bits per heavy atom. The van der Waals surface area contributed by atoms with Crippen LogP contribution >= 0.6 is 11.6 Å². The van der Waals surface area contributed by atoms with Crippen LogP contribution in [-0.4, -0.2) is 11.7 Å². The van der Waals surface area contributed by atoms with E-state index < -0.39 is 0 Å². The fraction of sp³-hybridized carbons (Fsp3) is 0.300. The summed E-state index contributed by atoms with van der Waals surface area (Å²) < 4.78 is 5.15. The molecule has 2 aromatic rings. The summed E-state index contributed by atoms with van der Waals surface area (Å²) in [6.45, 7) is 0.662. The van der Waals surface area contributed by atoms with Gasteiger partial charge in [-0.05, 0) is 31.5 Å². The first-order chi connectivity index (χ1) is 6.83. The molecule has 4 heteroatoms. The minimum Gasteiger partial charge on any atom is -0.354 e. The number of halogens is 1. The number of para-hydroxylation sites is 1. The topological polar surface area (TPSA) is 52.0 Å². The maximum atomic E-state index is 5.95. The predicted molar refractivity (Wildman–Crippen MR) is 56.4 cm³/mol. The zero-order valence-corrected chi connectivity index (χ0v) is 8.42. The van der Waals surface area contributed by atoms with Gasteiger partial charge in [-0.2, -0.15) is 0 Å². The van der Waals surface area contributed by atoms with Gasteiger partial charge in [-0.25, -0.2) is 0 Å². The maximum Gasteiger partial charge on any atom is 0.185 e. The summed E-state index contributed by atoms with van der Waals surface area (Å²) >= 11 is 5.95. The molecule has 2 rings (SSSR count). The van der Waals surface area contributed by atoms with Gasteiger partial charge in [0.15, 0.2) is 5.58 Å². The zero-order chi connectivity index (χ0) is 9.97. The Kier molecular flexibility index (Phi) is 2.70. The highest BCUT2D eigenvalue weighted by molar-refractivity contribution is 6.34. The number of benzene rings is 1. The van der Waals surface area contributed by atoms with Crippen LogP contribution in [0.4, 0.5) is 0 Å². The highest BCUT2D eigenvalue weighted by atomic mass is 35.5. The van der Waals surface area contributed by atoms with E-state index in [2.05, 4.69) is 5.16 Å². The smallest absolute Gasteiger partial charge is 0.185 e. The number of fused-ring (bicyclic) bond motifs is 1. The quantitative estimate of drug-likeness (QED) is 0.846. The van der Waals surface area contributed by atoms with Crippen molar-refractivity contribution >= 4 is 22.6 Å². The van der Waals surface area contributed by atoms with E-state index in [0.29, 0.717) is 17.2 Å². The molecule has 2 N–H and O–H groups in total. The minimum atomic E-state index is 0.606. The van der Waals surface area contributed by atoms with Crippen molar-refractivity contribution in [3.05, 3.63) is 28.9 Å². The number of rotatable bonds is 3. The lowest BCUT2D eigenvalue weighted by Crippen LogP contribution is -2.00. The Bertz CT molecular complexity index is 439. The summed E-state index contributed by atoms with van der Waals surface area (Å²) in [4.78, 5) is 0. The molecule has 0 aliphatic rings. The van der Waals surface area contributed by atoms with Crippen LogP contribution in [0.1, 0.15) is 12.1 Å². The molecule has 1 aromatic heterocycles. The Balaban J connectivity index is 2.42. The molecule has 0 aliphatic heterocycles. The van der Waals surface area contributed by atoms with Crippen LogP contribution in [0.25, 0.3) is 11.0 Å². The first kappa shape index (κ1) is 9.49. The summed E-state index contributed by atoms with van der Waals surface area (Å²) in [7, 11) is 0. The van der Waals surface area contributed by atoms with Crippen LogP contribution in [0, 0.1) is 0 Å². The molecular formula is C10H11ClN2O. The Hall–Kier alpha value is -1.06. The SMILES string of the molecule is NCCCc1noc2c(Cl)cccc12. The maximum absolute atomic E-state index is 5.95. The molecule has 0 spiro atoms. The summed E-state index contributed by atoms with van der Waals surface area (Å²) in [5.74, 6) is 0. The van der Waals surface area contributed by atoms with Gasteiger partial charge in [0.25, 0.3) is 0 Å². The Morgan fingerprint density at radius 3 is 3.07 bits per heavy atom. The molecule has 0 bridgehead atoms. The van der Waals surface area contributed by atoms with Crippen molar-refractivity contribution in [2.24, 2.45) is 5.73 Å². The molecule has 0 unspecified atom stereocenters. The molecule has 0 fully saturated rings. The average Bonchev–Trinajstić information content (AvgIpc) is 2.60. The van der Waals surface area contributed by atoms with E-state index in [4.69, 9.17) is 21.9 Å². The molecule has 1 aromatic carbocycles. The van der Waals surface area contributed by atoms with E-state index in [-0.39, 0.29) is 0 Å². The van der Waals surface area contributed by atoms with Crippen molar-refractivity contribution in [3.63, 3.8) is 0 Å². The second-order valence-electron chi connectivity index (χ2n) is 3.14. The van der Waals surface area contributed by atoms with Gasteiger partial charge in [-0.15, -0.1) is 0 Å². The second-order valence-corrected chi connectivity index (χ2v) is 3.55. The lowest BCUT2D eigenvalue weighted by Gasteiger charge is -1.93. The number of aryl methyl sites for hydroxylation is 1. The number of nitrogens with zero attached hydrogens (tertiary/aromatic N) is 1. The van der Waals surface area contributed by atoms with Crippen molar-refractivity contribution < 1.29 is 4.52 Å². The van der Waals surface area contributed by atoms with Crippen LogP contribution < -0.4 is 5.73 Å². The van der Waals surface area contributed by atoms with E-state index >= 15 is 0 Å². The van der Waals surface area contributed by atoms with Gasteiger partial charge in [0.05, 0.1) is 10.7 Å². The van der Waals surface area contributed by atoms with Crippen molar-refractivity contribution in [2.75, 3.05) is 6.54 Å². The molecule has 14 heavy (non-hydrogen) atoms. The largest absolute Gasteiger partial charge is 0.354 e. The Morgan fingerprint density at radius 2 is 2.29 bits per heavy atom. The molecule has 0 aliphatic carbocycles. The molecule has 0 atom stereocenters. The van der Waals surface area contributed by atoms with Gasteiger partial charge in [0.1, 0.15) is 0 Å². The second kappa shape index (κ2) is 3.98. The average molecular weight is 211 g/mol. The number of aromatic nitrogens is 1. The van der Waals surface area contributed by atoms with Crippen molar-refractivity contribution in [1.82, 2.24) is 5.16 Å². The third-order valence-electron chi connectivity index (χ3n) is 2.14. The lowest BCUT2D eigenvalue weighted by atomic mass is 10.1. The van der Waals surface area contributed by atoms with E-state index in [1.54, 1.807) is 6.07 Å². The fourth-order valence-electron chi connectivity index (χ4n) is 1.43. The third kappa shape index (κ3) is 1.61. The first-order valence-corrected chi connectivity index (χ1v) is 4.93. The molecule has 0 amide bonds. The first-order valence-electron chi connectivity index (χ1n) is 4.56. The van der Waals surface area contributed by atoms with E-state index in [9.17, 15) is 0 Å². The van der Waals surface area contributed by atoms with E-state index in [1.807, 2.05) is 12.1 Å². The molecular weight excluding hydrogens is 200 g/mol. The van der Waals surface area contributed by atoms with Gasteiger partial charge in [-0.1, -0.05) is 22.8 Å². The van der Waals surface area contributed by atoms with Gasteiger partial charge >= 0.3 is 0 Å². The van der Waals surface area contributed by atoms with Gasteiger partial charge in [0, 0.05) is 5.39 Å². The molecule has 0 saturated heterocycles. The normalized spacial score (nSPS) is 11.0. The van der Waals surface area contributed by atoms with Crippen LogP contribution in [0.15, 0.2) is 22.7 Å². The van der Waals surface area contributed by atoms with Crippen molar-refractivity contribution in [3.8, 4) is 0 Å². The van der Waals surface area contributed by atoms with Gasteiger partial charge in [0.2, 0.25) is 0 Å². The highest BCUT2D eigenvalue weighted by Gasteiger charge is 2.09. The van der Waals surface area contributed by atoms with Crippen molar-refractivity contribution in [1.29, 1.82) is 0 Å². The van der Waals surface area contributed by atoms with Crippen LogP contribution in [0.5, 0.6) is 0 Å². The number of nitrogens with two attached hydrogens (primary N) is 1. The number of hydrogen-bond donors (Lipinski definition) is 1. The monoisotopic (exact) mass is 210 g/mol. The molecule has 3 nitrogen and oxygen atoms in total. The Labute approximate surface area is 86.8 Å². The summed E-state index contributed by atoms with van der Waals surface area (Å²) in [5.41, 5.74) is 7.04. The summed E-state index contributed by atoms with van der Waals surface area (Å²) in [5, 5.41) is 5.58. The summed E-state index contributed by atoms with van der Waals surface area (Å²) in [6, 6.07) is 5.65. The third-order valence-corrected chi connectivity index (χ3v) is 2.44. The molecule has 0 saturated carbocycles. The minimum absolute atomic E-state index is 0.606. The zero-order valence-electron chi connectivity index (χ0n) is 7.66. The predicted octanol–water partition coefficient (Wildman–Crippen LogP) is 2.37. The van der Waals surface area contributed by atoms with Crippen molar-refractivity contribution in [2.45, 2.75) is 12.8 Å². The van der Waals surface area contributed by atoms with E-state index in [0.717, 1.165) is 23.9 Å². The van der Waals surface area contributed by atoms with E-state index in [1.165, 1.54) is 0 Å². The molecule has 1 heterocycles. The summed E-state index contributed by atoms with van der Waals surface area (Å²) in [6.07, 6.45) is 1.75.